The molecule has 4 N–H and O–H groups in total. The third-order valence-corrected chi connectivity index (χ3v) is 3.74. The highest BCUT2D eigenvalue weighted by atomic mass is 35.5. The highest BCUT2D eigenvalue weighted by Crippen LogP contribution is 2.25. The van der Waals surface area contributed by atoms with Gasteiger partial charge < -0.3 is 11.6 Å². The molecule has 6 nitrogen and oxygen atoms in total. The first-order valence-corrected chi connectivity index (χ1v) is 6.67. The minimum atomic E-state index is -0.433. The molecule has 1 atom stereocenters. The highest BCUT2D eigenvalue weighted by molar-refractivity contribution is 8.00. The van der Waals surface area contributed by atoms with E-state index in [1.165, 1.54) is 4.68 Å². The maximum absolute atomic E-state index is 11.0. The maximum Gasteiger partial charge on any atom is 0.230 e. The average molecular weight is 298 g/mol. The molecule has 100 valence electrons. The van der Waals surface area contributed by atoms with Crippen LogP contribution in [0.25, 0.3) is 11.4 Å². The van der Waals surface area contributed by atoms with Crippen molar-refractivity contribution in [2.24, 2.45) is 5.73 Å². The number of carbonyl (C=O) groups excluding carboxylic acids is 1. The molecule has 0 fully saturated rings. The van der Waals surface area contributed by atoms with Gasteiger partial charge in [0.15, 0.2) is 5.82 Å². The van der Waals surface area contributed by atoms with E-state index >= 15 is 0 Å². The Morgan fingerprint density at radius 3 is 2.84 bits per heavy atom. The maximum atomic E-state index is 11.0. The van der Waals surface area contributed by atoms with Crippen molar-refractivity contribution in [1.29, 1.82) is 0 Å². The summed E-state index contributed by atoms with van der Waals surface area (Å²) in [6.07, 6.45) is 0. The van der Waals surface area contributed by atoms with Crippen molar-refractivity contribution in [3.63, 3.8) is 0 Å². The second-order valence-electron chi connectivity index (χ2n) is 3.85. The van der Waals surface area contributed by atoms with Crippen molar-refractivity contribution in [3.05, 3.63) is 29.3 Å². The molecule has 2 rings (SSSR count). The van der Waals surface area contributed by atoms with Gasteiger partial charge in [-0.1, -0.05) is 35.5 Å². The predicted octanol–water partition coefficient (Wildman–Crippen LogP) is 1.28. The van der Waals surface area contributed by atoms with E-state index in [-0.39, 0.29) is 0 Å². The predicted molar refractivity (Wildman–Crippen MR) is 75.1 cm³/mol. The zero-order valence-electron chi connectivity index (χ0n) is 10.1. The van der Waals surface area contributed by atoms with Gasteiger partial charge in [0.05, 0.1) is 5.25 Å². The van der Waals surface area contributed by atoms with E-state index in [0.717, 1.165) is 17.3 Å². The van der Waals surface area contributed by atoms with E-state index in [0.29, 0.717) is 16.0 Å². The molecule has 0 aliphatic carbocycles. The van der Waals surface area contributed by atoms with E-state index < -0.39 is 11.2 Å². The van der Waals surface area contributed by atoms with Crippen molar-refractivity contribution >= 4 is 29.3 Å². The summed E-state index contributed by atoms with van der Waals surface area (Å²) in [6, 6.07) is 7.12. The van der Waals surface area contributed by atoms with Gasteiger partial charge in [-0.2, -0.15) is 0 Å². The summed E-state index contributed by atoms with van der Waals surface area (Å²) >= 11 is 7.07. The molecule has 1 amide bonds. The number of nitrogens with zero attached hydrogens (tertiary/aromatic N) is 3. The number of benzene rings is 1. The Labute approximate surface area is 119 Å². The number of hydrogen-bond donors (Lipinski definition) is 2. The van der Waals surface area contributed by atoms with Crippen LogP contribution in [0.4, 0.5) is 0 Å². The van der Waals surface area contributed by atoms with Crippen molar-refractivity contribution in [2.75, 3.05) is 5.84 Å². The normalized spacial score (nSPS) is 12.3. The minimum absolute atomic E-state index is 0.418. The molecule has 0 saturated heterocycles. The molecule has 0 bridgehead atoms. The standard InChI is InChI=1S/C11H12ClN5OS/c1-6(9(13)18)19-11-16-15-10(17(11)14)7-3-2-4-8(12)5-7/h2-6H,14H2,1H3,(H2,13,18)/t6-/m1/s1. The van der Waals surface area contributed by atoms with Crippen LogP contribution < -0.4 is 11.6 Å². The first kappa shape index (κ1) is 13.7. The summed E-state index contributed by atoms with van der Waals surface area (Å²) in [5.41, 5.74) is 5.95. The van der Waals surface area contributed by atoms with E-state index in [2.05, 4.69) is 10.2 Å². The van der Waals surface area contributed by atoms with Crippen molar-refractivity contribution in [3.8, 4) is 11.4 Å². The van der Waals surface area contributed by atoms with Crippen molar-refractivity contribution in [1.82, 2.24) is 14.9 Å². The molecular weight excluding hydrogens is 286 g/mol. The number of aromatic nitrogens is 3. The molecule has 0 spiro atoms. The van der Waals surface area contributed by atoms with Crippen LogP contribution in [0.3, 0.4) is 0 Å². The summed E-state index contributed by atoms with van der Waals surface area (Å²) in [5, 5.41) is 8.51. The fraction of sp³-hybridized carbons (Fsp3) is 0.182. The third kappa shape index (κ3) is 2.99. The quantitative estimate of drug-likeness (QED) is 0.654. The van der Waals surface area contributed by atoms with E-state index in [9.17, 15) is 4.79 Å². The SMILES string of the molecule is C[C@@H](Sc1nnc(-c2cccc(Cl)c2)n1N)C(N)=O. The fourth-order valence-corrected chi connectivity index (χ4v) is 2.31. The van der Waals surface area contributed by atoms with Crippen LogP contribution in [0.15, 0.2) is 29.4 Å². The molecule has 0 unspecified atom stereocenters. The second-order valence-corrected chi connectivity index (χ2v) is 5.59. The first-order chi connectivity index (χ1) is 8.99. The third-order valence-electron chi connectivity index (χ3n) is 2.43. The minimum Gasteiger partial charge on any atom is -0.369 e. The number of halogens is 1. The Kier molecular flexibility index (Phi) is 3.96. The molecule has 19 heavy (non-hydrogen) atoms. The molecule has 0 aliphatic rings. The molecular formula is C11H12ClN5OS. The van der Waals surface area contributed by atoms with Crippen molar-refractivity contribution in [2.45, 2.75) is 17.3 Å². The van der Waals surface area contributed by atoms with Crippen LogP contribution in [0.2, 0.25) is 5.02 Å². The highest BCUT2D eigenvalue weighted by Gasteiger charge is 2.17. The Morgan fingerprint density at radius 1 is 1.47 bits per heavy atom. The van der Waals surface area contributed by atoms with Crippen LogP contribution in [0.1, 0.15) is 6.92 Å². The Balaban J connectivity index is 2.30. The molecule has 8 heteroatoms. The molecule has 1 aromatic heterocycles. The van der Waals surface area contributed by atoms with Gasteiger partial charge in [0, 0.05) is 10.6 Å². The van der Waals surface area contributed by atoms with Crippen molar-refractivity contribution < 1.29 is 4.79 Å². The van der Waals surface area contributed by atoms with E-state index in [1.54, 1.807) is 25.1 Å². The molecule has 0 aliphatic heterocycles. The number of hydrogen-bond acceptors (Lipinski definition) is 5. The number of primary amides is 1. The summed E-state index contributed by atoms with van der Waals surface area (Å²) in [5.74, 6) is 5.95. The lowest BCUT2D eigenvalue weighted by Crippen LogP contribution is -2.23. The summed E-state index contributed by atoms with van der Waals surface area (Å²) in [7, 11) is 0. The van der Waals surface area contributed by atoms with Gasteiger partial charge in [0.25, 0.3) is 0 Å². The number of rotatable bonds is 4. The van der Waals surface area contributed by atoms with E-state index in [4.69, 9.17) is 23.2 Å². The van der Waals surface area contributed by atoms with Crippen LogP contribution >= 0.6 is 23.4 Å². The lowest BCUT2D eigenvalue weighted by molar-refractivity contribution is -0.117. The van der Waals surface area contributed by atoms with Crippen LogP contribution in [0.5, 0.6) is 0 Å². The molecule has 1 heterocycles. The van der Waals surface area contributed by atoms with Gasteiger partial charge in [-0.25, -0.2) is 4.68 Å². The Bertz CT molecular complexity index is 615. The molecule has 0 saturated carbocycles. The smallest absolute Gasteiger partial charge is 0.230 e. The van der Waals surface area contributed by atoms with Crippen LogP contribution in [-0.2, 0) is 4.79 Å². The first-order valence-electron chi connectivity index (χ1n) is 5.41. The zero-order valence-corrected chi connectivity index (χ0v) is 11.6. The second kappa shape index (κ2) is 5.50. The van der Waals surface area contributed by atoms with Gasteiger partial charge in [-0.3, -0.25) is 4.79 Å². The fourth-order valence-electron chi connectivity index (χ4n) is 1.40. The number of amides is 1. The summed E-state index contributed by atoms with van der Waals surface area (Å²) < 4.78 is 1.32. The molecule has 0 radical (unpaired) electrons. The largest absolute Gasteiger partial charge is 0.369 e. The number of nitrogens with two attached hydrogens (primary N) is 2. The zero-order chi connectivity index (χ0) is 14.0. The number of nitrogen functional groups attached to an aromatic ring is 1. The molecule has 2 aromatic rings. The average Bonchev–Trinajstić information content (AvgIpc) is 2.71. The van der Waals surface area contributed by atoms with Gasteiger partial charge in [0.1, 0.15) is 0 Å². The lowest BCUT2D eigenvalue weighted by Gasteiger charge is -2.06. The van der Waals surface area contributed by atoms with Gasteiger partial charge in [0.2, 0.25) is 11.1 Å². The Morgan fingerprint density at radius 2 is 2.21 bits per heavy atom. The van der Waals surface area contributed by atoms with Crippen LogP contribution in [-0.4, -0.2) is 26.0 Å². The number of thioether (sulfide) groups is 1. The van der Waals surface area contributed by atoms with Gasteiger partial charge in [-0.05, 0) is 19.1 Å². The van der Waals surface area contributed by atoms with Gasteiger partial charge in [-0.15, -0.1) is 10.2 Å². The topological polar surface area (TPSA) is 99.8 Å². The Hall–Kier alpha value is -1.73. The summed E-state index contributed by atoms with van der Waals surface area (Å²) in [4.78, 5) is 11.0. The van der Waals surface area contributed by atoms with E-state index in [1.807, 2.05) is 6.07 Å². The molecule has 1 aromatic carbocycles. The monoisotopic (exact) mass is 297 g/mol. The number of carbonyl (C=O) groups is 1. The lowest BCUT2D eigenvalue weighted by atomic mass is 10.2. The summed E-state index contributed by atoms with van der Waals surface area (Å²) in [6.45, 7) is 1.68. The van der Waals surface area contributed by atoms with Gasteiger partial charge >= 0.3 is 0 Å². The van der Waals surface area contributed by atoms with Crippen LogP contribution in [0, 0.1) is 0 Å².